The van der Waals surface area contributed by atoms with Gasteiger partial charge in [0.1, 0.15) is 18.5 Å². The van der Waals surface area contributed by atoms with Crippen LogP contribution in [0.4, 0.5) is 32.6 Å². The van der Waals surface area contributed by atoms with Crippen LogP contribution in [0.1, 0.15) is 35.7 Å². The number of nitrogens with zero attached hydrogens (tertiary/aromatic N) is 2. The lowest BCUT2D eigenvalue weighted by atomic mass is 10.1. The van der Waals surface area contributed by atoms with E-state index < -0.39 is 48.9 Å². The summed E-state index contributed by atoms with van der Waals surface area (Å²) in [5.74, 6) is -0.443. The highest BCUT2D eigenvalue weighted by atomic mass is 32.1. The molecule has 0 spiro atoms. The van der Waals surface area contributed by atoms with Gasteiger partial charge in [0.25, 0.3) is 12.3 Å². The van der Waals surface area contributed by atoms with Gasteiger partial charge in [-0.2, -0.15) is 13.2 Å². The average Bonchev–Trinajstić information content (AvgIpc) is 3.21. The predicted octanol–water partition coefficient (Wildman–Crippen LogP) is 4.04. The molecule has 1 aliphatic rings. The van der Waals surface area contributed by atoms with E-state index >= 15 is 0 Å². The molecular weight excluding hydrogens is 499 g/mol. The van der Waals surface area contributed by atoms with Crippen molar-refractivity contribution in [1.29, 1.82) is 0 Å². The SMILES string of the molecule is CNC(=O)c1csc2c(C(F)(F)F)cc(N3CCC(OC(=O)N[C@@H](C)COCC(F)F)CC3)nc12. The topological polar surface area (TPSA) is 92.8 Å². The first-order valence-corrected chi connectivity index (χ1v) is 11.7. The smallest absolute Gasteiger partial charge is 0.417 e. The van der Waals surface area contributed by atoms with E-state index in [1.54, 1.807) is 11.8 Å². The molecule has 1 saturated heterocycles. The minimum Gasteiger partial charge on any atom is -0.446 e. The fourth-order valence-corrected chi connectivity index (χ4v) is 4.65. The highest BCUT2D eigenvalue weighted by molar-refractivity contribution is 7.17. The number of rotatable bonds is 8. The molecule has 0 radical (unpaired) electrons. The summed E-state index contributed by atoms with van der Waals surface area (Å²) >= 11 is 0.812. The lowest BCUT2D eigenvalue weighted by Crippen LogP contribution is -2.42. The van der Waals surface area contributed by atoms with Gasteiger partial charge in [-0.3, -0.25) is 4.79 Å². The molecule has 1 atom stereocenters. The molecule has 35 heavy (non-hydrogen) atoms. The van der Waals surface area contributed by atoms with Crippen molar-refractivity contribution in [2.45, 2.75) is 44.5 Å². The Morgan fingerprint density at radius 3 is 2.54 bits per heavy atom. The molecule has 0 unspecified atom stereocenters. The molecule has 0 aliphatic carbocycles. The second-order valence-corrected chi connectivity index (χ2v) is 8.88. The second-order valence-electron chi connectivity index (χ2n) is 8.00. The molecule has 0 bridgehead atoms. The minimum absolute atomic E-state index is 0.0139. The van der Waals surface area contributed by atoms with Crippen molar-refractivity contribution in [2.24, 2.45) is 0 Å². The van der Waals surface area contributed by atoms with Gasteiger partial charge in [0, 0.05) is 38.4 Å². The third kappa shape index (κ3) is 6.90. The maximum absolute atomic E-state index is 13.7. The van der Waals surface area contributed by atoms with Crippen LogP contribution in [0.15, 0.2) is 11.4 Å². The number of alkyl halides is 5. The standard InChI is InChI=1S/C21H25F5N4O4S/c1-11(8-33-9-15(22)23)28-20(32)34-12-3-5-30(6-4-12)16-7-14(21(24,25)26)18-17(29-16)13(10-35-18)19(31)27-2/h7,10-12,15H,3-6,8-9H2,1-2H3,(H,27,31)(H,28,32)/t11-/m0/s1. The molecule has 2 amide bonds. The largest absolute Gasteiger partial charge is 0.446 e. The van der Waals surface area contributed by atoms with Crippen LogP contribution < -0.4 is 15.5 Å². The number of pyridine rings is 1. The van der Waals surface area contributed by atoms with Gasteiger partial charge in [0.2, 0.25) is 0 Å². The van der Waals surface area contributed by atoms with Gasteiger partial charge >= 0.3 is 12.3 Å². The van der Waals surface area contributed by atoms with Gasteiger partial charge in [0.05, 0.1) is 34.0 Å². The Morgan fingerprint density at radius 1 is 1.26 bits per heavy atom. The van der Waals surface area contributed by atoms with Crippen molar-refractivity contribution in [3.63, 3.8) is 0 Å². The first-order valence-electron chi connectivity index (χ1n) is 10.8. The summed E-state index contributed by atoms with van der Waals surface area (Å²) in [4.78, 5) is 30.2. The maximum Gasteiger partial charge on any atom is 0.417 e. The van der Waals surface area contributed by atoms with Crippen molar-refractivity contribution < 1.29 is 41.0 Å². The first kappa shape index (κ1) is 26.9. The molecule has 1 fully saturated rings. The third-order valence-electron chi connectivity index (χ3n) is 5.30. The molecule has 0 saturated carbocycles. The number of piperidine rings is 1. The number of carbonyl (C=O) groups excluding carboxylic acids is 2. The minimum atomic E-state index is -4.63. The van der Waals surface area contributed by atoms with Crippen molar-refractivity contribution >= 4 is 39.4 Å². The molecule has 3 heterocycles. The average molecular weight is 525 g/mol. The summed E-state index contributed by atoms with van der Waals surface area (Å²) in [5, 5.41) is 6.25. The number of carbonyl (C=O) groups is 2. The Hall–Kier alpha value is -2.74. The fourth-order valence-electron chi connectivity index (χ4n) is 3.63. The number of hydrogen-bond donors (Lipinski definition) is 2. The summed E-state index contributed by atoms with van der Waals surface area (Å²) in [7, 11) is 1.39. The van der Waals surface area contributed by atoms with E-state index in [4.69, 9.17) is 9.47 Å². The van der Waals surface area contributed by atoms with Gasteiger partial charge in [-0.15, -0.1) is 11.3 Å². The van der Waals surface area contributed by atoms with Gasteiger partial charge < -0.3 is 25.0 Å². The number of amides is 2. The summed E-state index contributed by atoms with van der Waals surface area (Å²) in [5.41, 5.74) is -0.806. The van der Waals surface area contributed by atoms with Crippen LogP contribution in [0, 0.1) is 0 Å². The molecule has 1 aliphatic heterocycles. The summed E-state index contributed by atoms with van der Waals surface area (Å²) < 4.78 is 75.4. The van der Waals surface area contributed by atoms with Crippen molar-refractivity contribution in [3.05, 3.63) is 22.6 Å². The monoisotopic (exact) mass is 524 g/mol. The number of nitrogens with one attached hydrogen (secondary N) is 2. The summed E-state index contributed by atoms with van der Waals surface area (Å²) in [6.07, 6.45) is -7.75. The predicted molar refractivity (Wildman–Crippen MR) is 119 cm³/mol. The molecule has 2 aromatic heterocycles. The van der Waals surface area contributed by atoms with Gasteiger partial charge in [-0.05, 0) is 13.0 Å². The van der Waals surface area contributed by atoms with Gasteiger partial charge in [-0.1, -0.05) is 0 Å². The van der Waals surface area contributed by atoms with E-state index in [1.165, 1.54) is 12.4 Å². The first-order chi connectivity index (χ1) is 16.5. The van der Waals surface area contributed by atoms with Gasteiger partial charge in [0.15, 0.2) is 0 Å². The number of alkyl carbamates (subject to hydrolysis) is 1. The third-order valence-corrected chi connectivity index (χ3v) is 6.30. The van der Waals surface area contributed by atoms with Crippen molar-refractivity contribution in [1.82, 2.24) is 15.6 Å². The van der Waals surface area contributed by atoms with Crippen molar-refractivity contribution in [3.8, 4) is 0 Å². The number of halogens is 5. The van der Waals surface area contributed by atoms with E-state index in [2.05, 4.69) is 15.6 Å². The number of anilines is 1. The second kappa shape index (κ2) is 11.3. The van der Waals surface area contributed by atoms with Crippen LogP contribution in [0.3, 0.4) is 0 Å². The van der Waals surface area contributed by atoms with Crippen LogP contribution in [0.2, 0.25) is 0 Å². The van der Waals surface area contributed by atoms with Crippen molar-refractivity contribution in [2.75, 3.05) is 38.3 Å². The van der Waals surface area contributed by atoms with E-state index in [0.29, 0.717) is 12.8 Å². The zero-order valence-electron chi connectivity index (χ0n) is 19.0. The van der Waals surface area contributed by atoms with E-state index in [1.807, 2.05) is 0 Å². The van der Waals surface area contributed by atoms with Crippen LogP contribution in [0.5, 0.6) is 0 Å². The summed E-state index contributed by atoms with van der Waals surface area (Å²) in [6.45, 7) is 1.30. The highest BCUT2D eigenvalue weighted by Crippen LogP contribution is 2.40. The van der Waals surface area contributed by atoms with Gasteiger partial charge in [-0.25, -0.2) is 18.6 Å². The zero-order chi connectivity index (χ0) is 25.8. The van der Waals surface area contributed by atoms with Crippen LogP contribution in [0.25, 0.3) is 10.2 Å². The molecule has 14 heteroatoms. The highest BCUT2D eigenvalue weighted by Gasteiger charge is 2.36. The van der Waals surface area contributed by atoms with E-state index in [9.17, 15) is 31.5 Å². The van der Waals surface area contributed by atoms with E-state index in [0.717, 1.165) is 17.4 Å². The molecular formula is C21H25F5N4O4S. The normalized spacial score (nSPS) is 15.9. The summed E-state index contributed by atoms with van der Waals surface area (Å²) in [6, 6.07) is 0.430. The molecule has 3 rings (SSSR count). The Labute approximate surface area is 201 Å². The van der Waals surface area contributed by atoms with Crippen LogP contribution in [-0.2, 0) is 15.7 Å². The Balaban J connectivity index is 1.64. The number of fused-ring (bicyclic) bond motifs is 1. The molecule has 2 aromatic rings. The molecule has 8 nitrogen and oxygen atoms in total. The number of aromatic nitrogens is 1. The number of thiophene rings is 1. The number of ether oxygens (including phenoxy) is 2. The molecule has 2 N–H and O–H groups in total. The lowest BCUT2D eigenvalue weighted by molar-refractivity contribution is -0.136. The van der Waals surface area contributed by atoms with Crippen LogP contribution >= 0.6 is 11.3 Å². The fraction of sp³-hybridized carbons (Fsp3) is 0.571. The quantitative estimate of drug-likeness (QED) is 0.507. The molecule has 194 valence electrons. The Morgan fingerprint density at radius 2 is 1.94 bits per heavy atom. The lowest BCUT2D eigenvalue weighted by Gasteiger charge is -2.33. The Kier molecular flexibility index (Phi) is 8.70. The molecule has 0 aromatic carbocycles. The maximum atomic E-state index is 13.7. The van der Waals surface area contributed by atoms with Crippen LogP contribution in [-0.4, -0.2) is 68.9 Å². The zero-order valence-corrected chi connectivity index (χ0v) is 19.8. The number of hydrogen-bond acceptors (Lipinski definition) is 7. The van der Waals surface area contributed by atoms with E-state index in [-0.39, 0.29) is 41.3 Å². The Bertz CT molecular complexity index is 1040.